The third-order valence-corrected chi connectivity index (χ3v) is 7.52. The molecule has 2 rings (SSSR count). The van der Waals surface area contributed by atoms with Gasteiger partial charge in [0.2, 0.25) is 10.0 Å². The molecule has 1 aromatic rings. The van der Waals surface area contributed by atoms with Gasteiger partial charge in [-0.1, -0.05) is 0 Å². The molecule has 0 unspecified atom stereocenters. The minimum atomic E-state index is -3.92. The minimum absolute atomic E-state index is 0.0950. The van der Waals surface area contributed by atoms with Crippen molar-refractivity contribution in [1.29, 1.82) is 0 Å². The van der Waals surface area contributed by atoms with Gasteiger partial charge in [-0.3, -0.25) is 10.1 Å². The fraction of sp³-hybridized carbons (Fsp3) is 0.500. The van der Waals surface area contributed by atoms with Gasteiger partial charge in [-0.2, -0.15) is 0 Å². The molecule has 1 aliphatic carbocycles. The molecule has 0 atom stereocenters. The van der Waals surface area contributed by atoms with E-state index in [2.05, 4.69) is 4.72 Å². The molecular formula is C12H16N2O6S2. The van der Waals surface area contributed by atoms with Gasteiger partial charge in [0.05, 0.1) is 14.6 Å². The van der Waals surface area contributed by atoms with Gasteiger partial charge in [-0.15, -0.1) is 0 Å². The first kappa shape index (κ1) is 16.8. The average Bonchev–Trinajstić information content (AvgIpc) is 3.16. The molecule has 0 aliphatic heterocycles. The molecule has 1 N–H and O–H groups in total. The van der Waals surface area contributed by atoms with E-state index in [1.54, 1.807) is 0 Å². The average molecular weight is 348 g/mol. The molecule has 1 saturated carbocycles. The van der Waals surface area contributed by atoms with E-state index in [0.29, 0.717) is 12.8 Å². The summed E-state index contributed by atoms with van der Waals surface area (Å²) >= 11 is 0. The van der Waals surface area contributed by atoms with E-state index in [0.717, 1.165) is 24.5 Å². The van der Waals surface area contributed by atoms with E-state index in [4.69, 9.17) is 0 Å². The lowest BCUT2D eigenvalue weighted by Crippen LogP contribution is -2.38. The van der Waals surface area contributed by atoms with Crippen LogP contribution >= 0.6 is 0 Å². The number of hydrogen-bond acceptors (Lipinski definition) is 6. The van der Waals surface area contributed by atoms with E-state index >= 15 is 0 Å². The molecule has 0 radical (unpaired) electrons. The smallest absolute Gasteiger partial charge is 0.258 e. The highest BCUT2D eigenvalue weighted by Crippen LogP contribution is 2.42. The lowest BCUT2D eigenvalue weighted by molar-refractivity contribution is -0.385. The number of aryl methyl sites for hydroxylation is 1. The van der Waals surface area contributed by atoms with Crippen LogP contribution in [0.3, 0.4) is 0 Å². The zero-order valence-corrected chi connectivity index (χ0v) is 13.7. The van der Waals surface area contributed by atoms with Crippen LogP contribution in [0.1, 0.15) is 18.4 Å². The molecule has 8 nitrogen and oxygen atoms in total. The number of non-ortho nitro benzene ring substituents is 1. The van der Waals surface area contributed by atoms with Crippen molar-refractivity contribution in [3.63, 3.8) is 0 Å². The maximum absolute atomic E-state index is 12.3. The molecular weight excluding hydrogens is 332 g/mol. The molecule has 1 aromatic carbocycles. The SMILES string of the molecule is Cc1cc([N+](=O)[O-])ccc1S(=O)(=O)NCC1(S(C)(=O)=O)CC1. The normalized spacial score (nSPS) is 17.2. The van der Waals surface area contributed by atoms with Crippen molar-refractivity contribution in [3.8, 4) is 0 Å². The third kappa shape index (κ3) is 3.13. The number of nitrogens with zero attached hydrogens (tertiary/aromatic N) is 1. The first-order valence-corrected chi connectivity index (χ1v) is 9.80. The van der Waals surface area contributed by atoms with Gasteiger partial charge >= 0.3 is 0 Å². The molecule has 0 amide bonds. The van der Waals surface area contributed by atoms with E-state index in [1.165, 1.54) is 6.92 Å². The van der Waals surface area contributed by atoms with Gasteiger partial charge in [0, 0.05) is 24.9 Å². The fourth-order valence-corrected chi connectivity index (χ4v) is 4.79. The predicted molar refractivity (Wildman–Crippen MR) is 79.8 cm³/mol. The second-order valence-corrected chi connectivity index (χ2v) is 9.63. The maximum atomic E-state index is 12.3. The van der Waals surface area contributed by atoms with Crippen LogP contribution in [0.15, 0.2) is 23.1 Å². The molecule has 1 aliphatic rings. The quantitative estimate of drug-likeness (QED) is 0.598. The van der Waals surface area contributed by atoms with Crippen LogP contribution in [-0.2, 0) is 19.9 Å². The molecule has 0 heterocycles. The van der Waals surface area contributed by atoms with Crippen molar-refractivity contribution in [2.24, 2.45) is 0 Å². The molecule has 0 saturated heterocycles. The Morgan fingerprint density at radius 2 is 1.86 bits per heavy atom. The molecule has 0 bridgehead atoms. The van der Waals surface area contributed by atoms with Crippen molar-refractivity contribution >= 4 is 25.5 Å². The van der Waals surface area contributed by atoms with Crippen molar-refractivity contribution in [3.05, 3.63) is 33.9 Å². The molecule has 122 valence electrons. The van der Waals surface area contributed by atoms with Gasteiger partial charge in [-0.25, -0.2) is 21.6 Å². The summed E-state index contributed by atoms with van der Waals surface area (Å²) in [5, 5.41) is 10.7. The lowest BCUT2D eigenvalue weighted by Gasteiger charge is -2.15. The zero-order chi connectivity index (χ0) is 16.8. The number of hydrogen-bond donors (Lipinski definition) is 1. The van der Waals surface area contributed by atoms with Crippen molar-refractivity contribution < 1.29 is 21.8 Å². The Morgan fingerprint density at radius 3 is 2.27 bits per heavy atom. The van der Waals surface area contributed by atoms with Gasteiger partial charge in [-0.05, 0) is 31.4 Å². The Balaban J connectivity index is 2.23. The number of nitro benzene ring substituents is 1. The molecule has 10 heteroatoms. The number of nitrogens with one attached hydrogen (secondary N) is 1. The van der Waals surface area contributed by atoms with Gasteiger partial charge < -0.3 is 0 Å². The standard InChI is InChI=1S/C12H16N2O6S2/c1-9-7-10(14(15)16)3-4-11(9)22(19,20)13-8-12(5-6-12)21(2,17)18/h3-4,7,13H,5-6,8H2,1-2H3. The summed E-state index contributed by atoms with van der Waals surface area (Å²) in [5.74, 6) is 0. The first-order valence-electron chi connectivity index (χ1n) is 6.43. The Morgan fingerprint density at radius 1 is 1.27 bits per heavy atom. The van der Waals surface area contributed by atoms with Crippen LogP contribution in [0.4, 0.5) is 5.69 Å². The van der Waals surface area contributed by atoms with Crippen LogP contribution in [-0.4, -0.2) is 39.3 Å². The summed E-state index contributed by atoms with van der Waals surface area (Å²) in [4.78, 5) is 9.96. The topological polar surface area (TPSA) is 123 Å². The van der Waals surface area contributed by atoms with Gasteiger partial charge in [0.1, 0.15) is 0 Å². The highest BCUT2D eigenvalue weighted by molar-refractivity contribution is 7.92. The lowest BCUT2D eigenvalue weighted by atomic mass is 10.2. The van der Waals surface area contributed by atoms with Crippen LogP contribution in [0.5, 0.6) is 0 Å². The van der Waals surface area contributed by atoms with E-state index < -0.39 is 29.5 Å². The Labute approximate surface area is 128 Å². The van der Waals surface area contributed by atoms with Crippen LogP contribution < -0.4 is 4.72 Å². The Kier molecular flexibility index (Phi) is 4.05. The number of benzene rings is 1. The molecule has 0 aromatic heterocycles. The van der Waals surface area contributed by atoms with E-state index in [-0.39, 0.29) is 22.7 Å². The number of rotatable bonds is 6. The fourth-order valence-electron chi connectivity index (χ4n) is 2.17. The minimum Gasteiger partial charge on any atom is -0.258 e. The number of nitro groups is 1. The van der Waals surface area contributed by atoms with Crippen LogP contribution in [0, 0.1) is 17.0 Å². The summed E-state index contributed by atoms with van der Waals surface area (Å²) in [6.45, 7) is 1.26. The molecule has 1 fully saturated rings. The second-order valence-electron chi connectivity index (χ2n) is 5.49. The summed E-state index contributed by atoms with van der Waals surface area (Å²) in [6.07, 6.45) is 1.94. The second kappa shape index (κ2) is 5.28. The monoisotopic (exact) mass is 348 g/mol. The third-order valence-electron chi connectivity index (χ3n) is 3.84. The van der Waals surface area contributed by atoms with Crippen LogP contribution in [0.2, 0.25) is 0 Å². The van der Waals surface area contributed by atoms with Crippen molar-refractivity contribution in [2.45, 2.75) is 29.4 Å². The maximum Gasteiger partial charge on any atom is 0.269 e. The van der Waals surface area contributed by atoms with E-state index in [1.807, 2.05) is 0 Å². The highest BCUT2D eigenvalue weighted by atomic mass is 32.2. The highest BCUT2D eigenvalue weighted by Gasteiger charge is 2.52. The zero-order valence-electron chi connectivity index (χ0n) is 12.1. The van der Waals surface area contributed by atoms with Crippen LogP contribution in [0.25, 0.3) is 0 Å². The van der Waals surface area contributed by atoms with Crippen molar-refractivity contribution in [1.82, 2.24) is 4.72 Å². The largest absolute Gasteiger partial charge is 0.269 e. The Hall–Kier alpha value is -1.52. The molecule has 22 heavy (non-hydrogen) atoms. The summed E-state index contributed by atoms with van der Waals surface area (Å²) in [7, 11) is -7.26. The summed E-state index contributed by atoms with van der Waals surface area (Å²) in [6, 6.07) is 3.42. The van der Waals surface area contributed by atoms with Gasteiger partial charge in [0.25, 0.3) is 5.69 Å². The first-order chi connectivity index (χ1) is 9.98. The predicted octanol–water partition coefficient (Wildman–Crippen LogP) is 0.759. The Bertz CT molecular complexity index is 825. The summed E-state index contributed by atoms with van der Waals surface area (Å²) in [5.41, 5.74) is 0.0251. The van der Waals surface area contributed by atoms with Gasteiger partial charge in [0.15, 0.2) is 9.84 Å². The van der Waals surface area contributed by atoms with E-state index in [9.17, 15) is 26.9 Å². The molecule has 0 spiro atoms. The van der Waals surface area contributed by atoms with Crippen molar-refractivity contribution in [2.75, 3.05) is 12.8 Å². The number of sulfone groups is 1. The summed E-state index contributed by atoms with van der Waals surface area (Å²) < 4.78 is 49.1. The number of sulfonamides is 1.